The lowest BCUT2D eigenvalue weighted by atomic mass is 10.2. The van der Waals surface area contributed by atoms with Gasteiger partial charge >= 0.3 is 0 Å². The quantitative estimate of drug-likeness (QED) is 0.541. The average molecular weight is 376 g/mol. The summed E-state index contributed by atoms with van der Waals surface area (Å²) >= 11 is 0. The molecule has 4 rings (SSSR count). The van der Waals surface area contributed by atoms with Gasteiger partial charge in [-0.05, 0) is 18.6 Å². The van der Waals surface area contributed by atoms with E-state index < -0.39 is 0 Å². The molecular formula is C20H24N8. The summed E-state index contributed by atoms with van der Waals surface area (Å²) in [6, 6.07) is 12.0. The van der Waals surface area contributed by atoms with Crippen LogP contribution < -0.4 is 21.3 Å². The van der Waals surface area contributed by atoms with Gasteiger partial charge in [0.2, 0.25) is 0 Å². The van der Waals surface area contributed by atoms with Gasteiger partial charge in [-0.25, -0.2) is 9.97 Å². The second-order valence-electron chi connectivity index (χ2n) is 6.71. The molecule has 144 valence electrons. The SMILES string of the molecule is Cc1cc(Nc2nc(/C=C/c3ccccc3)nc(N3CCNCC3)c2N)n[nH]1. The molecule has 0 unspecified atom stereocenters. The van der Waals surface area contributed by atoms with Crippen molar-refractivity contribution in [1.82, 2.24) is 25.5 Å². The number of hydrogen-bond donors (Lipinski definition) is 4. The Bertz CT molecular complexity index is 958. The first-order chi connectivity index (χ1) is 13.7. The van der Waals surface area contributed by atoms with Crippen molar-refractivity contribution >= 4 is 35.3 Å². The molecule has 2 aromatic heterocycles. The molecule has 0 radical (unpaired) electrons. The number of rotatable bonds is 5. The van der Waals surface area contributed by atoms with Gasteiger partial charge in [0.05, 0.1) is 0 Å². The predicted molar refractivity (Wildman–Crippen MR) is 114 cm³/mol. The Balaban J connectivity index is 1.70. The second-order valence-corrected chi connectivity index (χ2v) is 6.71. The molecule has 1 aliphatic rings. The first-order valence-electron chi connectivity index (χ1n) is 9.34. The third kappa shape index (κ3) is 4.12. The number of nitrogens with one attached hydrogen (secondary N) is 3. The second kappa shape index (κ2) is 8.10. The topological polar surface area (TPSA) is 108 Å². The Morgan fingerprint density at radius 3 is 2.61 bits per heavy atom. The highest BCUT2D eigenvalue weighted by atomic mass is 15.3. The fourth-order valence-electron chi connectivity index (χ4n) is 3.10. The van der Waals surface area contributed by atoms with E-state index in [-0.39, 0.29) is 0 Å². The van der Waals surface area contributed by atoms with Crippen LogP contribution in [-0.4, -0.2) is 46.3 Å². The summed E-state index contributed by atoms with van der Waals surface area (Å²) in [7, 11) is 0. The summed E-state index contributed by atoms with van der Waals surface area (Å²) < 4.78 is 0. The lowest BCUT2D eigenvalue weighted by molar-refractivity contribution is 0.585. The van der Waals surface area contributed by atoms with Crippen molar-refractivity contribution in [1.29, 1.82) is 0 Å². The van der Waals surface area contributed by atoms with E-state index in [1.807, 2.05) is 55.5 Å². The lowest BCUT2D eigenvalue weighted by Gasteiger charge is -2.29. The number of aromatic nitrogens is 4. The molecule has 8 heteroatoms. The van der Waals surface area contributed by atoms with E-state index in [0.29, 0.717) is 23.1 Å². The van der Waals surface area contributed by atoms with Crippen LogP contribution in [0.5, 0.6) is 0 Å². The molecule has 1 aliphatic heterocycles. The number of nitrogen functional groups attached to an aromatic ring is 1. The normalized spacial score (nSPS) is 14.5. The van der Waals surface area contributed by atoms with E-state index >= 15 is 0 Å². The molecule has 0 amide bonds. The molecule has 1 aromatic carbocycles. The van der Waals surface area contributed by atoms with Gasteiger partial charge in [0.25, 0.3) is 0 Å². The van der Waals surface area contributed by atoms with E-state index in [1.54, 1.807) is 0 Å². The number of nitrogens with zero attached hydrogens (tertiary/aromatic N) is 4. The molecular weight excluding hydrogens is 352 g/mol. The van der Waals surface area contributed by atoms with E-state index in [4.69, 9.17) is 10.7 Å². The molecule has 0 aliphatic carbocycles. The summed E-state index contributed by atoms with van der Waals surface area (Å²) in [5, 5.41) is 13.7. The first-order valence-corrected chi connectivity index (χ1v) is 9.34. The molecule has 1 fully saturated rings. The summed E-state index contributed by atoms with van der Waals surface area (Å²) in [5.41, 5.74) is 9.01. The molecule has 3 heterocycles. The number of hydrogen-bond acceptors (Lipinski definition) is 7. The Morgan fingerprint density at radius 2 is 1.89 bits per heavy atom. The number of nitrogens with two attached hydrogens (primary N) is 1. The monoisotopic (exact) mass is 376 g/mol. The molecule has 0 bridgehead atoms. The number of aromatic amines is 1. The van der Waals surface area contributed by atoms with Crippen LogP contribution in [-0.2, 0) is 0 Å². The van der Waals surface area contributed by atoms with Crippen LogP contribution in [0.1, 0.15) is 17.1 Å². The maximum absolute atomic E-state index is 6.43. The number of piperazine rings is 1. The van der Waals surface area contributed by atoms with Crippen LogP contribution in [0.3, 0.4) is 0 Å². The summed E-state index contributed by atoms with van der Waals surface area (Å²) in [4.78, 5) is 11.5. The smallest absolute Gasteiger partial charge is 0.161 e. The van der Waals surface area contributed by atoms with Crippen molar-refractivity contribution in [2.24, 2.45) is 0 Å². The highest BCUT2D eigenvalue weighted by Gasteiger charge is 2.19. The van der Waals surface area contributed by atoms with E-state index in [1.165, 1.54) is 0 Å². The predicted octanol–water partition coefficient (Wildman–Crippen LogP) is 2.41. The molecule has 8 nitrogen and oxygen atoms in total. The minimum Gasteiger partial charge on any atom is -0.393 e. The minimum atomic E-state index is 0.527. The maximum atomic E-state index is 6.43. The fourth-order valence-corrected chi connectivity index (χ4v) is 3.10. The van der Waals surface area contributed by atoms with Crippen molar-refractivity contribution in [3.05, 3.63) is 53.5 Å². The van der Waals surface area contributed by atoms with Gasteiger partial charge in [-0.3, -0.25) is 5.10 Å². The Morgan fingerprint density at radius 1 is 1.11 bits per heavy atom. The number of H-pyrrole nitrogens is 1. The van der Waals surface area contributed by atoms with Crippen molar-refractivity contribution in [3.8, 4) is 0 Å². The highest BCUT2D eigenvalue weighted by Crippen LogP contribution is 2.30. The van der Waals surface area contributed by atoms with Crippen molar-refractivity contribution in [2.45, 2.75) is 6.92 Å². The van der Waals surface area contributed by atoms with Gasteiger partial charge in [-0.2, -0.15) is 5.10 Å². The van der Waals surface area contributed by atoms with Crippen LogP contribution in [0.25, 0.3) is 12.2 Å². The van der Waals surface area contributed by atoms with Gasteiger partial charge in [0, 0.05) is 37.9 Å². The summed E-state index contributed by atoms with van der Waals surface area (Å²) in [6.45, 7) is 5.45. The summed E-state index contributed by atoms with van der Waals surface area (Å²) in [6.07, 6.45) is 3.90. The average Bonchev–Trinajstić information content (AvgIpc) is 3.14. The highest BCUT2D eigenvalue weighted by molar-refractivity contribution is 5.80. The fraction of sp³-hybridized carbons (Fsp3) is 0.250. The standard InChI is InChI=1S/C20H24N8/c1-14-13-17(27-26-14)24-19-18(21)20(28-11-9-22-10-12-28)25-16(23-19)8-7-15-5-3-2-4-6-15/h2-8,13,22H,9-12,21H2,1H3,(H2,23,24,25,26,27)/b8-7+. The molecule has 0 atom stereocenters. The molecule has 5 N–H and O–H groups in total. The van der Waals surface area contributed by atoms with Gasteiger partial charge < -0.3 is 21.3 Å². The van der Waals surface area contributed by atoms with Crippen molar-refractivity contribution in [2.75, 3.05) is 42.1 Å². The summed E-state index contributed by atoms with van der Waals surface area (Å²) in [5.74, 6) is 2.58. The van der Waals surface area contributed by atoms with E-state index in [9.17, 15) is 0 Å². The van der Waals surface area contributed by atoms with Crippen molar-refractivity contribution < 1.29 is 0 Å². The zero-order chi connectivity index (χ0) is 19.3. The van der Waals surface area contributed by atoms with Gasteiger partial charge in [-0.15, -0.1) is 0 Å². The molecule has 0 saturated carbocycles. The third-order valence-electron chi connectivity index (χ3n) is 4.54. The Labute approximate surface area is 163 Å². The Hall–Kier alpha value is -3.39. The first kappa shape index (κ1) is 18.0. The van der Waals surface area contributed by atoms with E-state index in [2.05, 4.69) is 30.7 Å². The Kier molecular flexibility index (Phi) is 5.20. The minimum absolute atomic E-state index is 0.527. The maximum Gasteiger partial charge on any atom is 0.161 e. The number of anilines is 4. The van der Waals surface area contributed by atoms with Crippen LogP contribution in [0.2, 0.25) is 0 Å². The molecule has 1 saturated heterocycles. The van der Waals surface area contributed by atoms with Gasteiger partial charge in [-0.1, -0.05) is 36.4 Å². The zero-order valence-electron chi connectivity index (χ0n) is 15.8. The lowest BCUT2D eigenvalue weighted by Crippen LogP contribution is -2.44. The van der Waals surface area contributed by atoms with Gasteiger partial charge in [0.1, 0.15) is 5.69 Å². The van der Waals surface area contributed by atoms with E-state index in [0.717, 1.165) is 43.3 Å². The van der Waals surface area contributed by atoms with Crippen LogP contribution in [0.15, 0.2) is 36.4 Å². The van der Waals surface area contributed by atoms with Crippen LogP contribution in [0.4, 0.5) is 23.1 Å². The number of aryl methyl sites for hydroxylation is 1. The largest absolute Gasteiger partial charge is 0.393 e. The van der Waals surface area contributed by atoms with Crippen LogP contribution >= 0.6 is 0 Å². The molecule has 28 heavy (non-hydrogen) atoms. The van der Waals surface area contributed by atoms with Gasteiger partial charge in [0.15, 0.2) is 23.3 Å². The third-order valence-corrected chi connectivity index (χ3v) is 4.54. The van der Waals surface area contributed by atoms with Crippen molar-refractivity contribution in [3.63, 3.8) is 0 Å². The zero-order valence-corrected chi connectivity index (χ0v) is 15.8. The molecule has 3 aromatic rings. The molecule has 0 spiro atoms. The number of benzene rings is 1. The van der Waals surface area contributed by atoms with Crippen LogP contribution in [0, 0.1) is 6.92 Å².